The molecule has 96 heavy (non-hydrogen) atoms. The fourth-order valence-electron chi connectivity index (χ4n) is 14.0. The van der Waals surface area contributed by atoms with Gasteiger partial charge in [0.25, 0.3) is 0 Å². The Hall–Kier alpha value is -11.8. The van der Waals surface area contributed by atoms with E-state index >= 15 is 0 Å². The van der Waals surface area contributed by atoms with Crippen LogP contribution >= 0.6 is 0 Å². The van der Waals surface area contributed by atoms with Crippen molar-refractivity contribution in [1.29, 1.82) is 0 Å². The molecule has 0 saturated heterocycles. The molecule has 0 unspecified atom stereocenters. The van der Waals surface area contributed by atoms with Gasteiger partial charge in [0.15, 0.2) is 0 Å². The lowest BCUT2D eigenvalue weighted by Crippen LogP contribution is -2.06. The number of nitrogens with zero attached hydrogens (tertiary/aromatic N) is 2. The first-order valence-electron chi connectivity index (χ1n) is 32.4. The first kappa shape index (κ1) is 60.5. The Morgan fingerprint density at radius 3 is 0.552 bits per heavy atom. The fourth-order valence-corrected chi connectivity index (χ4v) is 14.0. The van der Waals surface area contributed by atoms with Crippen molar-refractivity contribution >= 4 is 21.8 Å². The lowest BCUT2D eigenvalue weighted by molar-refractivity contribution is 0.296. The Kier molecular flexibility index (Phi) is 16.1. The van der Waals surface area contributed by atoms with Crippen LogP contribution < -0.4 is 9.47 Å². The van der Waals surface area contributed by atoms with E-state index in [1.165, 1.54) is 0 Å². The predicted octanol–water partition coefficient (Wildman–Crippen LogP) is 16.1. The van der Waals surface area contributed by atoms with Gasteiger partial charge >= 0.3 is 0 Å². The first-order chi connectivity index (χ1) is 46.8. The number of para-hydroxylation sites is 10. The van der Waals surface area contributed by atoms with E-state index in [1.807, 2.05) is 218 Å². The number of phenolic OH excluding ortho intramolecular Hbond substituents is 8. The van der Waals surface area contributed by atoms with Crippen molar-refractivity contribution in [3.8, 4) is 57.5 Å². The molecule has 8 N–H and O–H groups in total. The van der Waals surface area contributed by atoms with Crippen LogP contribution in [0.25, 0.3) is 21.8 Å². The minimum Gasteiger partial charge on any atom is -0.507 e. The second-order valence-electron chi connectivity index (χ2n) is 25.4. The number of hydrogen-bond donors (Lipinski definition) is 8. The third kappa shape index (κ3) is 11.9. The van der Waals surface area contributed by atoms with Gasteiger partial charge in [0.05, 0.1) is 22.4 Å². The zero-order chi connectivity index (χ0) is 65.6. The van der Waals surface area contributed by atoms with E-state index in [9.17, 15) is 40.9 Å². The van der Waals surface area contributed by atoms with Gasteiger partial charge < -0.3 is 50.3 Å². The van der Waals surface area contributed by atoms with E-state index in [-0.39, 0.29) is 97.7 Å². The molecule has 2 heterocycles. The molecular formula is C84H68N2O10. The second-order valence-corrected chi connectivity index (χ2v) is 25.4. The van der Waals surface area contributed by atoms with Gasteiger partial charge in [0, 0.05) is 75.0 Å². The van der Waals surface area contributed by atoms with Gasteiger partial charge in [-0.15, -0.1) is 0 Å². The standard InChI is InChI=1S/C84H68N2O10/c87-75-51-11-1-15-55(75)39-59-19-5-23-63(79(59)91)43-67-27-9-28-68(44-64-24-6-20-60(80(64)92)40-56-16-2-12-52(37-51)76(56)88)83(67)95-47-71-35-33-49-31-32-50-34-36-72(86-74(50)73(49)85-71)48-96-84-69-29-10-30-70(84)46-66-26-8-22-62(82(66)94)42-58-18-4-14-54(78(58)90)38-53-13-3-17-57(77(53)89)41-61-21-7-25-65(45-69)81(61)93/h1-36,87-94H,37-48H2. The summed E-state index contributed by atoms with van der Waals surface area (Å²) in [5, 5.41) is 96.7. The molecule has 0 fully saturated rings. The van der Waals surface area contributed by atoms with Crippen LogP contribution in [0.4, 0.5) is 0 Å². The normalized spacial score (nSPS) is 13.0. The largest absolute Gasteiger partial charge is 0.507 e. The molecule has 2 aliphatic carbocycles. The molecule has 12 heteroatoms. The van der Waals surface area contributed by atoms with E-state index in [4.69, 9.17) is 19.4 Å². The molecule has 11 aromatic carbocycles. The minimum atomic E-state index is 0.0597. The Morgan fingerprint density at radius 1 is 0.208 bits per heavy atom. The molecule has 0 amide bonds. The molecule has 20 bridgehead atoms. The number of fused-ring (bicyclic) bond motifs is 23. The fraction of sp³-hybridized carbons (Fsp3) is 0.143. The Bertz CT molecular complexity index is 4640. The number of aromatic nitrogens is 2. The number of aromatic hydroxyl groups is 8. The molecule has 15 rings (SSSR count). The van der Waals surface area contributed by atoms with Crippen LogP contribution in [0.1, 0.15) is 123 Å². The molecule has 0 saturated carbocycles. The summed E-state index contributed by atoms with van der Waals surface area (Å²) in [4.78, 5) is 10.5. The van der Waals surface area contributed by atoms with Crippen LogP contribution in [0.3, 0.4) is 0 Å². The van der Waals surface area contributed by atoms with E-state index in [0.717, 1.165) is 33.0 Å². The summed E-state index contributed by atoms with van der Waals surface area (Å²) >= 11 is 0. The van der Waals surface area contributed by atoms with Gasteiger partial charge in [-0.3, -0.25) is 0 Å². The summed E-state index contributed by atoms with van der Waals surface area (Å²) in [7, 11) is 0. The number of phenols is 8. The molecule has 0 atom stereocenters. The molecule has 0 spiro atoms. The summed E-state index contributed by atoms with van der Waals surface area (Å²) in [5.74, 6) is 1.99. The number of pyridine rings is 2. The van der Waals surface area contributed by atoms with Crippen molar-refractivity contribution < 1.29 is 50.3 Å². The van der Waals surface area contributed by atoms with Crippen LogP contribution in [-0.4, -0.2) is 50.8 Å². The molecular weight excluding hydrogens is 1200 g/mol. The third-order valence-corrected chi connectivity index (χ3v) is 19.2. The highest BCUT2D eigenvalue weighted by Crippen LogP contribution is 2.42. The summed E-state index contributed by atoms with van der Waals surface area (Å²) < 4.78 is 13.9. The van der Waals surface area contributed by atoms with Crippen LogP contribution in [0.15, 0.2) is 218 Å². The molecule has 12 nitrogen and oxygen atoms in total. The minimum absolute atomic E-state index is 0.0597. The summed E-state index contributed by atoms with van der Waals surface area (Å²) in [6.45, 7) is 0.119. The number of ether oxygens (including phenoxy) is 2. The van der Waals surface area contributed by atoms with Crippen molar-refractivity contribution in [2.45, 2.75) is 77.4 Å². The first-order valence-corrected chi connectivity index (χ1v) is 32.4. The van der Waals surface area contributed by atoms with Crippen LogP contribution in [0.2, 0.25) is 0 Å². The summed E-state index contributed by atoms with van der Waals surface area (Å²) in [6.07, 6.45) is 2.84. The average Bonchev–Trinajstić information content (AvgIpc) is 0.806. The Morgan fingerprint density at radius 2 is 0.365 bits per heavy atom. The van der Waals surface area contributed by atoms with Crippen LogP contribution in [0.5, 0.6) is 57.5 Å². The van der Waals surface area contributed by atoms with E-state index < -0.39 is 0 Å². The monoisotopic (exact) mass is 1260 g/mol. The van der Waals surface area contributed by atoms with Gasteiger partial charge in [-0.25, -0.2) is 9.97 Å². The summed E-state index contributed by atoms with van der Waals surface area (Å²) in [5.41, 5.74) is 16.2. The van der Waals surface area contributed by atoms with Crippen molar-refractivity contribution in [3.05, 3.63) is 341 Å². The lowest BCUT2D eigenvalue weighted by atomic mass is 9.91. The van der Waals surface area contributed by atoms with Gasteiger partial charge in [0.1, 0.15) is 70.7 Å². The highest BCUT2D eigenvalue weighted by molar-refractivity contribution is 6.02. The third-order valence-electron chi connectivity index (χ3n) is 19.2. The number of rotatable bonds is 6. The van der Waals surface area contributed by atoms with Crippen molar-refractivity contribution in [2.24, 2.45) is 0 Å². The van der Waals surface area contributed by atoms with Gasteiger partial charge in [-0.2, -0.15) is 0 Å². The number of benzene rings is 11. The Labute approximate surface area is 555 Å². The average molecular weight is 1270 g/mol. The topological polar surface area (TPSA) is 206 Å². The highest BCUT2D eigenvalue weighted by Gasteiger charge is 2.24. The van der Waals surface area contributed by atoms with Gasteiger partial charge in [0.2, 0.25) is 0 Å². The predicted molar refractivity (Wildman–Crippen MR) is 372 cm³/mol. The van der Waals surface area contributed by atoms with Crippen molar-refractivity contribution in [2.75, 3.05) is 0 Å². The maximum atomic E-state index is 12.0. The molecule has 2 aromatic heterocycles. The number of hydrogen-bond acceptors (Lipinski definition) is 12. The van der Waals surface area contributed by atoms with Crippen LogP contribution in [0, 0.1) is 0 Å². The summed E-state index contributed by atoms with van der Waals surface area (Å²) in [6, 6.07) is 68.7. The van der Waals surface area contributed by atoms with Gasteiger partial charge in [-0.05, 0) is 123 Å². The maximum Gasteiger partial charge on any atom is 0.130 e. The van der Waals surface area contributed by atoms with Gasteiger partial charge in [-0.1, -0.05) is 206 Å². The van der Waals surface area contributed by atoms with E-state index in [0.29, 0.717) is 149 Å². The lowest BCUT2D eigenvalue weighted by Gasteiger charge is -2.19. The second kappa shape index (κ2) is 25.6. The molecule has 0 aliphatic heterocycles. The van der Waals surface area contributed by atoms with Crippen molar-refractivity contribution in [1.82, 2.24) is 9.97 Å². The van der Waals surface area contributed by atoms with E-state index in [1.54, 1.807) is 0 Å². The van der Waals surface area contributed by atoms with E-state index in [2.05, 4.69) is 0 Å². The van der Waals surface area contributed by atoms with Crippen LogP contribution in [-0.2, 0) is 77.4 Å². The molecule has 0 radical (unpaired) electrons. The Balaban J connectivity index is 0.761. The maximum absolute atomic E-state index is 12.0. The highest BCUT2D eigenvalue weighted by atomic mass is 16.5. The molecule has 474 valence electrons. The smallest absolute Gasteiger partial charge is 0.130 e. The zero-order valence-electron chi connectivity index (χ0n) is 52.6. The molecule has 13 aromatic rings. The van der Waals surface area contributed by atoms with Crippen molar-refractivity contribution in [3.63, 3.8) is 0 Å². The quantitative estimate of drug-likeness (QED) is 0.0732. The molecule has 2 aliphatic rings. The SMILES string of the molecule is Oc1c2cccc1Cc1cccc(c1O)Cc1cccc(c1OCc1ccc3ccc4ccc(COc5c6cccc5Cc5cccc(c5O)Cc5cccc(c5O)Cc5cccc(c5O)Cc5cccc(c5O)C6)nc4c3n1)Cc1cccc(c1O)Cc1cccc(c1O)C2. The zero-order valence-corrected chi connectivity index (χ0v) is 52.6.